The minimum atomic E-state index is 0.523. The summed E-state index contributed by atoms with van der Waals surface area (Å²) in [6.45, 7) is 0. The number of halogens is 1. The van der Waals surface area contributed by atoms with E-state index in [1.54, 1.807) is 7.11 Å². The van der Waals surface area contributed by atoms with E-state index in [2.05, 4.69) is 26.6 Å². The molecule has 1 aromatic rings. The van der Waals surface area contributed by atoms with Gasteiger partial charge in [0, 0.05) is 16.6 Å². The van der Waals surface area contributed by atoms with Crippen LogP contribution in [0.1, 0.15) is 25.7 Å². The predicted molar refractivity (Wildman–Crippen MR) is 82.3 cm³/mol. The summed E-state index contributed by atoms with van der Waals surface area (Å²) in [6.07, 6.45) is 5.01. The number of hydrogen-bond donors (Lipinski definition) is 2. The van der Waals surface area contributed by atoms with Gasteiger partial charge in [-0.2, -0.15) is 0 Å². The van der Waals surface area contributed by atoms with E-state index in [-0.39, 0.29) is 0 Å². The molecule has 0 unspecified atom stereocenters. The average Bonchev–Trinajstić information content (AvgIpc) is 2.84. The molecule has 18 heavy (non-hydrogen) atoms. The quantitative estimate of drug-likeness (QED) is 0.829. The lowest BCUT2D eigenvalue weighted by molar-refractivity contribution is 0.415. The van der Waals surface area contributed by atoms with Crippen LogP contribution in [0.4, 0.5) is 5.69 Å². The minimum absolute atomic E-state index is 0.523. The molecule has 0 saturated heterocycles. The molecule has 3 nitrogen and oxygen atoms in total. The smallest absolute Gasteiger partial charge is 0.171 e. The Labute approximate surface area is 121 Å². The molecule has 1 fully saturated rings. The summed E-state index contributed by atoms with van der Waals surface area (Å²) in [5.41, 5.74) is 0.921. The Balaban J connectivity index is 1.97. The van der Waals surface area contributed by atoms with Gasteiger partial charge in [0.05, 0.1) is 12.8 Å². The number of methoxy groups -OCH3 is 1. The van der Waals surface area contributed by atoms with Gasteiger partial charge < -0.3 is 15.4 Å². The lowest BCUT2D eigenvalue weighted by Crippen LogP contribution is -2.36. The lowest BCUT2D eigenvalue weighted by Gasteiger charge is -2.16. The number of thiocarbonyl (C=S) groups is 1. The molecule has 0 bridgehead atoms. The Morgan fingerprint density at radius 3 is 2.78 bits per heavy atom. The van der Waals surface area contributed by atoms with Crippen molar-refractivity contribution in [2.24, 2.45) is 0 Å². The van der Waals surface area contributed by atoms with Crippen LogP contribution in [-0.4, -0.2) is 18.3 Å². The van der Waals surface area contributed by atoms with Crippen LogP contribution >= 0.6 is 28.1 Å². The Bertz CT molecular complexity index is 433. The number of anilines is 1. The molecule has 0 aromatic heterocycles. The molecule has 5 heteroatoms. The van der Waals surface area contributed by atoms with Crippen LogP contribution < -0.4 is 15.4 Å². The molecular weight excluding hydrogens is 312 g/mol. The molecule has 2 rings (SSSR count). The van der Waals surface area contributed by atoms with Crippen LogP contribution in [0, 0.1) is 0 Å². The molecule has 0 atom stereocenters. The normalized spacial score (nSPS) is 15.4. The molecule has 0 aliphatic heterocycles. The van der Waals surface area contributed by atoms with Crippen molar-refractivity contribution in [1.82, 2.24) is 5.32 Å². The molecule has 1 aromatic carbocycles. The molecule has 0 radical (unpaired) electrons. The summed E-state index contributed by atoms with van der Waals surface area (Å²) >= 11 is 8.82. The first-order valence-corrected chi connectivity index (χ1v) is 7.30. The maximum atomic E-state index is 5.33. The Kier molecular flexibility index (Phi) is 4.83. The third-order valence-corrected chi connectivity index (χ3v) is 4.02. The largest absolute Gasteiger partial charge is 0.497 e. The Morgan fingerprint density at radius 1 is 1.39 bits per heavy atom. The number of ether oxygens (including phenoxy) is 1. The summed E-state index contributed by atoms with van der Waals surface area (Å²) in [4.78, 5) is 0. The van der Waals surface area contributed by atoms with Crippen molar-refractivity contribution in [1.29, 1.82) is 0 Å². The third kappa shape index (κ3) is 3.59. The molecule has 1 saturated carbocycles. The van der Waals surface area contributed by atoms with Crippen molar-refractivity contribution in [3.8, 4) is 5.75 Å². The SMILES string of the molecule is COc1ccc(Br)c(NC(=S)NC2CCCC2)c1. The molecule has 0 heterocycles. The van der Waals surface area contributed by atoms with Gasteiger partial charge in [0.25, 0.3) is 0 Å². The number of nitrogens with one attached hydrogen (secondary N) is 2. The predicted octanol–water partition coefficient (Wildman–Crippen LogP) is 3.69. The van der Waals surface area contributed by atoms with Crippen LogP contribution in [0.2, 0.25) is 0 Å². The van der Waals surface area contributed by atoms with Gasteiger partial charge in [-0.05, 0) is 53.1 Å². The first-order chi connectivity index (χ1) is 8.69. The molecular formula is C13H17BrN2OS. The van der Waals surface area contributed by atoms with E-state index in [9.17, 15) is 0 Å². The van der Waals surface area contributed by atoms with Gasteiger partial charge in [-0.1, -0.05) is 12.8 Å². The molecule has 0 spiro atoms. The maximum Gasteiger partial charge on any atom is 0.171 e. The highest BCUT2D eigenvalue weighted by molar-refractivity contribution is 9.10. The zero-order chi connectivity index (χ0) is 13.0. The van der Waals surface area contributed by atoms with Crippen molar-refractivity contribution >= 4 is 38.9 Å². The van der Waals surface area contributed by atoms with Gasteiger partial charge in [0.15, 0.2) is 5.11 Å². The average molecular weight is 329 g/mol. The second-order valence-corrected chi connectivity index (χ2v) is 5.69. The highest BCUT2D eigenvalue weighted by atomic mass is 79.9. The molecule has 0 amide bonds. The van der Waals surface area contributed by atoms with Gasteiger partial charge in [-0.15, -0.1) is 0 Å². The molecule has 2 N–H and O–H groups in total. The van der Waals surface area contributed by atoms with E-state index in [1.807, 2.05) is 18.2 Å². The van der Waals surface area contributed by atoms with E-state index in [0.29, 0.717) is 11.2 Å². The van der Waals surface area contributed by atoms with Gasteiger partial charge in [0.1, 0.15) is 5.75 Å². The van der Waals surface area contributed by atoms with E-state index in [0.717, 1.165) is 15.9 Å². The summed E-state index contributed by atoms with van der Waals surface area (Å²) in [5.74, 6) is 0.810. The van der Waals surface area contributed by atoms with Crippen LogP contribution in [0.3, 0.4) is 0 Å². The minimum Gasteiger partial charge on any atom is -0.497 e. The van der Waals surface area contributed by atoms with E-state index >= 15 is 0 Å². The zero-order valence-corrected chi connectivity index (χ0v) is 12.7. The van der Waals surface area contributed by atoms with Gasteiger partial charge in [-0.3, -0.25) is 0 Å². The van der Waals surface area contributed by atoms with Crippen molar-refractivity contribution in [2.45, 2.75) is 31.7 Å². The lowest BCUT2D eigenvalue weighted by atomic mass is 10.2. The van der Waals surface area contributed by atoms with Crippen LogP contribution in [0.15, 0.2) is 22.7 Å². The fourth-order valence-electron chi connectivity index (χ4n) is 2.14. The van der Waals surface area contributed by atoms with Gasteiger partial charge in [-0.25, -0.2) is 0 Å². The molecule has 98 valence electrons. The van der Waals surface area contributed by atoms with Crippen molar-refractivity contribution in [3.63, 3.8) is 0 Å². The summed E-state index contributed by atoms with van der Waals surface area (Å²) in [7, 11) is 1.65. The fraction of sp³-hybridized carbons (Fsp3) is 0.462. The second kappa shape index (κ2) is 6.38. The Morgan fingerprint density at radius 2 is 2.11 bits per heavy atom. The number of benzene rings is 1. The first-order valence-electron chi connectivity index (χ1n) is 6.10. The van der Waals surface area contributed by atoms with Crippen molar-refractivity contribution < 1.29 is 4.74 Å². The highest BCUT2D eigenvalue weighted by Crippen LogP contribution is 2.27. The number of rotatable bonds is 3. The van der Waals surface area contributed by atoms with Crippen molar-refractivity contribution in [3.05, 3.63) is 22.7 Å². The zero-order valence-electron chi connectivity index (χ0n) is 10.3. The summed E-state index contributed by atoms with van der Waals surface area (Å²) in [5, 5.41) is 7.23. The third-order valence-electron chi connectivity index (χ3n) is 3.11. The van der Waals surface area contributed by atoms with Crippen LogP contribution in [0.25, 0.3) is 0 Å². The van der Waals surface area contributed by atoms with Crippen LogP contribution in [0.5, 0.6) is 5.75 Å². The first kappa shape index (κ1) is 13.6. The topological polar surface area (TPSA) is 33.3 Å². The van der Waals surface area contributed by atoms with Gasteiger partial charge >= 0.3 is 0 Å². The van der Waals surface area contributed by atoms with Gasteiger partial charge in [0.2, 0.25) is 0 Å². The Hall–Kier alpha value is -0.810. The summed E-state index contributed by atoms with van der Waals surface area (Å²) < 4.78 is 6.17. The van der Waals surface area contributed by atoms with Crippen LogP contribution in [-0.2, 0) is 0 Å². The van der Waals surface area contributed by atoms with E-state index in [4.69, 9.17) is 17.0 Å². The second-order valence-electron chi connectivity index (χ2n) is 4.43. The van der Waals surface area contributed by atoms with E-state index < -0.39 is 0 Å². The fourth-order valence-corrected chi connectivity index (χ4v) is 2.76. The van der Waals surface area contributed by atoms with Crippen molar-refractivity contribution in [2.75, 3.05) is 12.4 Å². The number of hydrogen-bond acceptors (Lipinski definition) is 2. The maximum absolute atomic E-state index is 5.33. The highest BCUT2D eigenvalue weighted by Gasteiger charge is 2.15. The monoisotopic (exact) mass is 328 g/mol. The molecule has 1 aliphatic carbocycles. The molecule has 1 aliphatic rings. The summed E-state index contributed by atoms with van der Waals surface area (Å²) in [6, 6.07) is 6.30. The standard InChI is InChI=1S/C13H17BrN2OS/c1-17-10-6-7-11(14)12(8-10)16-13(18)15-9-4-2-3-5-9/h6-9H,2-5H2,1H3,(H2,15,16,18). The van der Waals surface area contributed by atoms with E-state index in [1.165, 1.54) is 25.7 Å².